The standard InChI is InChI=1S/C29H26O2S/c1-20-19-25(22-13-7-4-8-14-22)28(32-24-17-11-6-12-18-24)26(21(20)2)27(29(30)31-3)23-15-9-5-10-16-23/h4-19,27H,1-3H3. The summed E-state index contributed by atoms with van der Waals surface area (Å²) in [5.74, 6) is -0.756. The van der Waals surface area contributed by atoms with Crippen LogP contribution in [0.25, 0.3) is 11.1 Å². The van der Waals surface area contributed by atoms with E-state index in [1.54, 1.807) is 11.8 Å². The molecular formula is C29H26O2S. The van der Waals surface area contributed by atoms with Crippen LogP contribution in [0.5, 0.6) is 0 Å². The van der Waals surface area contributed by atoms with E-state index in [1.807, 2.05) is 54.6 Å². The molecule has 0 bridgehead atoms. The number of esters is 1. The van der Waals surface area contributed by atoms with Gasteiger partial charge in [-0.05, 0) is 59.4 Å². The first-order valence-electron chi connectivity index (χ1n) is 10.7. The average molecular weight is 439 g/mol. The maximum Gasteiger partial charge on any atom is 0.317 e. The molecule has 0 amide bonds. The third-order valence-corrected chi connectivity index (χ3v) is 6.90. The predicted octanol–water partition coefficient (Wildman–Crippen LogP) is 7.43. The highest BCUT2D eigenvalue weighted by Gasteiger charge is 2.30. The molecule has 0 saturated heterocycles. The third kappa shape index (κ3) is 4.49. The van der Waals surface area contributed by atoms with Crippen molar-refractivity contribution in [2.75, 3.05) is 7.11 Å². The molecule has 0 aliphatic heterocycles. The summed E-state index contributed by atoms with van der Waals surface area (Å²) in [6.07, 6.45) is 0. The zero-order chi connectivity index (χ0) is 22.5. The number of benzene rings is 4. The molecule has 0 spiro atoms. The van der Waals surface area contributed by atoms with Gasteiger partial charge in [0.05, 0.1) is 7.11 Å². The number of rotatable bonds is 6. The highest BCUT2D eigenvalue weighted by molar-refractivity contribution is 7.99. The number of methoxy groups -OCH3 is 1. The molecule has 3 heteroatoms. The Morgan fingerprint density at radius 3 is 1.97 bits per heavy atom. The van der Waals surface area contributed by atoms with Crippen molar-refractivity contribution in [3.63, 3.8) is 0 Å². The molecule has 1 unspecified atom stereocenters. The second-order valence-electron chi connectivity index (χ2n) is 7.76. The molecule has 0 aliphatic carbocycles. The Morgan fingerprint density at radius 1 is 0.812 bits per heavy atom. The summed E-state index contributed by atoms with van der Waals surface area (Å²) in [4.78, 5) is 15.4. The lowest BCUT2D eigenvalue weighted by atomic mass is 9.84. The van der Waals surface area contributed by atoms with Gasteiger partial charge in [0.1, 0.15) is 5.92 Å². The summed E-state index contributed by atoms with van der Waals surface area (Å²) in [7, 11) is 1.46. The van der Waals surface area contributed by atoms with E-state index in [0.717, 1.165) is 43.2 Å². The van der Waals surface area contributed by atoms with Crippen LogP contribution < -0.4 is 0 Å². The van der Waals surface area contributed by atoms with Crippen molar-refractivity contribution in [3.05, 3.63) is 119 Å². The monoisotopic (exact) mass is 438 g/mol. The van der Waals surface area contributed by atoms with Crippen LogP contribution in [-0.4, -0.2) is 13.1 Å². The van der Waals surface area contributed by atoms with E-state index < -0.39 is 5.92 Å². The minimum Gasteiger partial charge on any atom is -0.468 e. The van der Waals surface area contributed by atoms with Crippen molar-refractivity contribution in [3.8, 4) is 11.1 Å². The number of aryl methyl sites for hydroxylation is 1. The number of carbonyl (C=O) groups is 1. The zero-order valence-electron chi connectivity index (χ0n) is 18.5. The number of hydrogen-bond acceptors (Lipinski definition) is 3. The van der Waals surface area contributed by atoms with Crippen LogP contribution in [0.2, 0.25) is 0 Å². The van der Waals surface area contributed by atoms with E-state index in [1.165, 1.54) is 7.11 Å². The van der Waals surface area contributed by atoms with Crippen molar-refractivity contribution in [1.29, 1.82) is 0 Å². The smallest absolute Gasteiger partial charge is 0.317 e. The highest BCUT2D eigenvalue weighted by Crippen LogP contribution is 2.45. The van der Waals surface area contributed by atoms with Gasteiger partial charge < -0.3 is 4.74 Å². The van der Waals surface area contributed by atoms with Gasteiger partial charge in [-0.1, -0.05) is 96.7 Å². The van der Waals surface area contributed by atoms with E-state index >= 15 is 0 Å². The summed E-state index contributed by atoms with van der Waals surface area (Å²) in [5, 5.41) is 0. The Bertz CT molecular complexity index is 1200. The molecule has 0 fully saturated rings. The minimum absolute atomic E-state index is 0.251. The average Bonchev–Trinajstić information content (AvgIpc) is 2.85. The molecule has 0 aromatic heterocycles. The Labute approximate surface area is 194 Å². The first kappa shape index (κ1) is 21.9. The lowest BCUT2D eigenvalue weighted by Crippen LogP contribution is -2.18. The molecule has 4 aromatic rings. The van der Waals surface area contributed by atoms with Gasteiger partial charge in [0.25, 0.3) is 0 Å². The summed E-state index contributed by atoms with van der Waals surface area (Å²) < 4.78 is 5.32. The Morgan fingerprint density at radius 2 is 1.38 bits per heavy atom. The lowest BCUT2D eigenvalue weighted by Gasteiger charge is -2.25. The maximum atomic E-state index is 13.2. The summed E-state index contributed by atoms with van der Waals surface area (Å²) in [5.41, 5.74) is 6.47. The second kappa shape index (κ2) is 9.88. The Kier molecular flexibility index (Phi) is 6.77. The van der Waals surface area contributed by atoms with E-state index in [0.29, 0.717) is 0 Å². The first-order chi connectivity index (χ1) is 15.6. The van der Waals surface area contributed by atoms with Crippen molar-refractivity contribution in [2.24, 2.45) is 0 Å². The fraction of sp³-hybridized carbons (Fsp3) is 0.138. The van der Waals surface area contributed by atoms with Crippen LogP contribution in [0.4, 0.5) is 0 Å². The molecule has 4 aromatic carbocycles. The SMILES string of the molecule is COC(=O)C(c1ccccc1)c1c(C)c(C)cc(-c2ccccc2)c1Sc1ccccc1. The molecule has 0 aliphatic rings. The zero-order valence-corrected chi connectivity index (χ0v) is 19.4. The fourth-order valence-corrected chi connectivity index (χ4v) is 5.19. The van der Waals surface area contributed by atoms with Crippen LogP contribution in [0.3, 0.4) is 0 Å². The molecule has 2 nitrogen and oxygen atoms in total. The van der Waals surface area contributed by atoms with Crippen molar-refractivity contribution in [2.45, 2.75) is 29.6 Å². The molecule has 0 N–H and O–H groups in total. The highest BCUT2D eigenvalue weighted by atomic mass is 32.2. The fourth-order valence-electron chi connectivity index (χ4n) is 4.00. The Hall–Kier alpha value is -3.30. The molecule has 1 atom stereocenters. The normalized spacial score (nSPS) is 11.7. The van der Waals surface area contributed by atoms with Crippen LogP contribution in [-0.2, 0) is 9.53 Å². The van der Waals surface area contributed by atoms with Gasteiger partial charge in [-0.3, -0.25) is 4.79 Å². The molecule has 0 heterocycles. The second-order valence-corrected chi connectivity index (χ2v) is 8.84. The Balaban J connectivity index is 2.03. The summed E-state index contributed by atoms with van der Waals surface area (Å²) in [6, 6.07) is 32.8. The molecule has 160 valence electrons. The molecule has 0 radical (unpaired) electrons. The van der Waals surface area contributed by atoms with Crippen LogP contribution in [0, 0.1) is 13.8 Å². The quantitative estimate of drug-likeness (QED) is 0.293. The van der Waals surface area contributed by atoms with Gasteiger partial charge >= 0.3 is 5.97 Å². The third-order valence-electron chi connectivity index (χ3n) is 5.75. The predicted molar refractivity (Wildman–Crippen MR) is 132 cm³/mol. The summed E-state index contributed by atoms with van der Waals surface area (Å²) >= 11 is 1.70. The number of hydrogen-bond donors (Lipinski definition) is 0. The number of ether oxygens (including phenoxy) is 1. The molecule has 4 rings (SSSR count). The largest absolute Gasteiger partial charge is 0.468 e. The van der Waals surface area contributed by atoms with Gasteiger partial charge in [-0.25, -0.2) is 0 Å². The van der Waals surface area contributed by atoms with Crippen LogP contribution in [0.15, 0.2) is 107 Å². The van der Waals surface area contributed by atoms with Gasteiger partial charge in [0.15, 0.2) is 0 Å². The van der Waals surface area contributed by atoms with Crippen LogP contribution >= 0.6 is 11.8 Å². The van der Waals surface area contributed by atoms with Crippen LogP contribution in [0.1, 0.15) is 28.2 Å². The van der Waals surface area contributed by atoms with Crippen molar-refractivity contribution in [1.82, 2.24) is 0 Å². The van der Waals surface area contributed by atoms with E-state index in [-0.39, 0.29) is 5.97 Å². The van der Waals surface area contributed by atoms with Crippen molar-refractivity contribution < 1.29 is 9.53 Å². The van der Waals surface area contributed by atoms with Gasteiger partial charge in [0, 0.05) is 9.79 Å². The topological polar surface area (TPSA) is 26.3 Å². The van der Waals surface area contributed by atoms with Gasteiger partial charge in [-0.15, -0.1) is 0 Å². The first-order valence-corrected chi connectivity index (χ1v) is 11.5. The summed E-state index contributed by atoms with van der Waals surface area (Å²) in [6.45, 7) is 4.22. The molecule has 0 saturated carbocycles. The minimum atomic E-state index is -0.505. The maximum absolute atomic E-state index is 13.2. The van der Waals surface area contributed by atoms with E-state index in [9.17, 15) is 4.79 Å². The molecular weight excluding hydrogens is 412 g/mol. The van der Waals surface area contributed by atoms with E-state index in [4.69, 9.17) is 4.74 Å². The van der Waals surface area contributed by atoms with Crippen molar-refractivity contribution >= 4 is 17.7 Å². The van der Waals surface area contributed by atoms with E-state index in [2.05, 4.69) is 56.3 Å². The van der Waals surface area contributed by atoms with Gasteiger partial charge in [0.2, 0.25) is 0 Å². The lowest BCUT2D eigenvalue weighted by molar-refractivity contribution is -0.141. The molecule has 32 heavy (non-hydrogen) atoms. The number of carbonyl (C=O) groups excluding carboxylic acids is 1. The van der Waals surface area contributed by atoms with Gasteiger partial charge in [-0.2, -0.15) is 0 Å².